The molecule has 13 heavy (non-hydrogen) atoms. The van der Waals surface area contributed by atoms with Crippen LogP contribution >= 0.6 is 0 Å². The third-order valence-electron chi connectivity index (χ3n) is 2.03. The first-order chi connectivity index (χ1) is 6.33. The smallest absolute Gasteiger partial charge is 0.0379 e. The van der Waals surface area contributed by atoms with E-state index in [-0.39, 0.29) is 0 Å². The third-order valence-corrected chi connectivity index (χ3v) is 2.03. The van der Waals surface area contributed by atoms with Gasteiger partial charge in [-0.3, -0.25) is 5.84 Å². The second kappa shape index (κ2) is 5.73. The zero-order valence-corrected chi connectivity index (χ0v) is 8.24. The topological polar surface area (TPSA) is 29.3 Å². The van der Waals surface area contributed by atoms with Crippen molar-refractivity contribution in [2.24, 2.45) is 5.84 Å². The SMILES string of the molecule is CCCCN(N)Cc1ccccc1. The van der Waals surface area contributed by atoms with Crippen LogP contribution in [-0.4, -0.2) is 11.6 Å². The van der Waals surface area contributed by atoms with Gasteiger partial charge < -0.3 is 0 Å². The monoisotopic (exact) mass is 178 g/mol. The lowest BCUT2D eigenvalue weighted by molar-refractivity contribution is 0.270. The third kappa shape index (κ3) is 4.06. The molecule has 0 unspecified atom stereocenters. The number of rotatable bonds is 5. The first kappa shape index (κ1) is 10.2. The van der Waals surface area contributed by atoms with E-state index >= 15 is 0 Å². The molecule has 0 radical (unpaired) electrons. The van der Waals surface area contributed by atoms with Gasteiger partial charge in [0.15, 0.2) is 0 Å². The number of hydrogen-bond acceptors (Lipinski definition) is 2. The van der Waals surface area contributed by atoms with Crippen molar-refractivity contribution in [2.75, 3.05) is 6.54 Å². The summed E-state index contributed by atoms with van der Waals surface area (Å²) < 4.78 is 0. The maximum absolute atomic E-state index is 5.83. The summed E-state index contributed by atoms with van der Waals surface area (Å²) in [6.45, 7) is 4.00. The molecule has 72 valence electrons. The van der Waals surface area contributed by atoms with E-state index in [0.29, 0.717) is 0 Å². The zero-order chi connectivity index (χ0) is 9.52. The predicted molar refractivity (Wildman–Crippen MR) is 55.9 cm³/mol. The fourth-order valence-electron chi connectivity index (χ4n) is 1.26. The Hall–Kier alpha value is -0.860. The molecule has 0 saturated carbocycles. The molecule has 0 heterocycles. The summed E-state index contributed by atoms with van der Waals surface area (Å²) >= 11 is 0. The normalized spacial score (nSPS) is 10.7. The summed E-state index contributed by atoms with van der Waals surface area (Å²) in [5, 5.41) is 1.87. The molecule has 0 aromatic heterocycles. The Kier molecular flexibility index (Phi) is 4.50. The molecule has 1 aromatic carbocycles. The molecule has 0 spiro atoms. The van der Waals surface area contributed by atoms with Crippen molar-refractivity contribution in [1.82, 2.24) is 5.01 Å². The van der Waals surface area contributed by atoms with Crippen molar-refractivity contribution < 1.29 is 0 Å². The molecular weight excluding hydrogens is 160 g/mol. The van der Waals surface area contributed by atoms with E-state index in [2.05, 4.69) is 19.1 Å². The van der Waals surface area contributed by atoms with Crippen LogP contribution in [0.3, 0.4) is 0 Å². The van der Waals surface area contributed by atoms with Gasteiger partial charge in [-0.25, -0.2) is 5.01 Å². The van der Waals surface area contributed by atoms with Crippen LogP contribution in [0.5, 0.6) is 0 Å². The fourth-order valence-corrected chi connectivity index (χ4v) is 1.26. The van der Waals surface area contributed by atoms with Crippen molar-refractivity contribution >= 4 is 0 Å². The first-order valence-corrected chi connectivity index (χ1v) is 4.86. The molecule has 1 rings (SSSR count). The van der Waals surface area contributed by atoms with Gasteiger partial charge in [-0.1, -0.05) is 43.7 Å². The highest BCUT2D eigenvalue weighted by atomic mass is 15.4. The van der Waals surface area contributed by atoms with Gasteiger partial charge in [-0.05, 0) is 12.0 Å². The molecule has 0 aliphatic carbocycles. The molecule has 0 amide bonds. The Bertz CT molecular complexity index is 221. The van der Waals surface area contributed by atoms with Crippen LogP contribution in [0.4, 0.5) is 0 Å². The van der Waals surface area contributed by atoms with Crippen molar-refractivity contribution in [3.8, 4) is 0 Å². The summed E-state index contributed by atoms with van der Waals surface area (Å²) in [7, 11) is 0. The average molecular weight is 178 g/mol. The first-order valence-electron chi connectivity index (χ1n) is 4.86. The molecule has 1 aromatic rings. The molecule has 0 bridgehead atoms. The van der Waals surface area contributed by atoms with Crippen molar-refractivity contribution in [3.05, 3.63) is 35.9 Å². The lowest BCUT2D eigenvalue weighted by Crippen LogP contribution is -2.31. The maximum Gasteiger partial charge on any atom is 0.0379 e. The lowest BCUT2D eigenvalue weighted by Gasteiger charge is -2.15. The average Bonchev–Trinajstić information content (AvgIpc) is 2.16. The van der Waals surface area contributed by atoms with Crippen LogP contribution in [0.25, 0.3) is 0 Å². The molecular formula is C11H18N2. The summed E-state index contributed by atoms with van der Waals surface area (Å²) in [5.74, 6) is 5.83. The van der Waals surface area contributed by atoms with Crippen LogP contribution in [0.15, 0.2) is 30.3 Å². The minimum atomic E-state index is 0.848. The highest BCUT2D eigenvalue weighted by Gasteiger charge is 1.98. The minimum Gasteiger partial charge on any atom is -0.268 e. The molecule has 0 aliphatic rings. The molecule has 0 atom stereocenters. The van der Waals surface area contributed by atoms with Gasteiger partial charge in [0.05, 0.1) is 0 Å². The molecule has 0 saturated heterocycles. The predicted octanol–water partition coefficient (Wildman–Crippen LogP) is 2.16. The van der Waals surface area contributed by atoms with Crippen LogP contribution in [0, 0.1) is 0 Å². The van der Waals surface area contributed by atoms with Crippen molar-refractivity contribution in [2.45, 2.75) is 26.3 Å². The van der Waals surface area contributed by atoms with Gasteiger partial charge in [-0.2, -0.15) is 0 Å². The number of unbranched alkanes of at least 4 members (excludes halogenated alkanes) is 1. The Morgan fingerprint density at radius 1 is 1.23 bits per heavy atom. The molecule has 0 fully saturated rings. The summed E-state index contributed by atoms with van der Waals surface area (Å²) in [4.78, 5) is 0. The van der Waals surface area contributed by atoms with E-state index in [9.17, 15) is 0 Å². The van der Waals surface area contributed by atoms with E-state index in [1.54, 1.807) is 0 Å². The van der Waals surface area contributed by atoms with Gasteiger partial charge in [0.2, 0.25) is 0 Å². The Morgan fingerprint density at radius 2 is 1.92 bits per heavy atom. The van der Waals surface area contributed by atoms with Crippen LogP contribution in [0.1, 0.15) is 25.3 Å². The Labute approximate surface area is 80.3 Å². The van der Waals surface area contributed by atoms with Gasteiger partial charge in [0, 0.05) is 13.1 Å². The number of nitrogens with zero attached hydrogens (tertiary/aromatic N) is 1. The van der Waals surface area contributed by atoms with E-state index in [4.69, 9.17) is 5.84 Å². The van der Waals surface area contributed by atoms with E-state index in [1.807, 2.05) is 23.2 Å². The standard InChI is InChI=1S/C11H18N2/c1-2-3-9-13(12)10-11-7-5-4-6-8-11/h4-8H,2-3,9-10,12H2,1H3. The van der Waals surface area contributed by atoms with E-state index in [0.717, 1.165) is 13.1 Å². The second-order valence-corrected chi connectivity index (χ2v) is 3.31. The highest BCUT2D eigenvalue weighted by molar-refractivity contribution is 5.14. The molecule has 0 aliphatic heterocycles. The molecule has 2 heteroatoms. The second-order valence-electron chi connectivity index (χ2n) is 3.31. The summed E-state index contributed by atoms with van der Waals surface area (Å²) in [6.07, 6.45) is 2.37. The number of nitrogens with two attached hydrogens (primary N) is 1. The van der Waals surface area contributed by atoms with Crippen LogP contribution in [-0.2, 0) is 6.54 Å². The highest BCUT2D eigenvalue weighted by Crippen LogP contribution is 2.01. The summed E-state index contributed by atoms with van der Waals surface area (Å²) in [6, 6.07) is 10.3. The number of hydrazine groups is 1. The zero-order valence-electron chi connectivity index (χ0n) is 8.24. The largest absolute Gasteiger partial charge is 0.268 e. The fraction of sp³-hybridized carbons (Fsp3) is 0.455. The van der Waals surface area contributed by atoms with Gasteiger partial charge in [0.1, 0.15) is 0 Å². The van der Waals surface area contributed by atoms with Gasteiger partial charge in [0.25, 0.3) is 0 Å². The van der Waals surface area contributed by atoms with Gasteiger partial charge >= 0.3 is 0 Å². The lowest BCUT2D eigenvalue weighted by atomic mass is 10.2. The van der Waals surface area contributed by atoms with Crippen LogP contribution in [0.2, 0.25) is 0 Å². The maximum atomic E-state index is 5.83. The van der Waals surface area contributed by atoms with Gasteiger partial charge in [-0.15, -0.1) is 0 Å². The van der Waals surface area contributed by atoms with E-state index in [1.165, 1.54) is 18.4 Å². The number of hydrogen-bond donors (Lipinski definition) is 1. The van der Waals surface area contributed by atoms with E-state index < -0.39 is 0 Å². The van der Waals surface area contributed by atoms with Crippen molar-refractivity contribution in [3.63, 3.8) is 0 Å². The summed E-state index contributed by atoms with van der Waals surface area (Å²) in [5.41, 5.74) is 1.28. The van der Waals surface area contributed by atoms with Crippen LogP contribution < -0.4 is 5.84 Å². The van der Waals surface area contributed by atoms with Crippen molar-refractivity contribution in [1.29, 1.82) is 0 Å². The number of benzene rings is 1. The Balaban J connectivity index is 2.32. The minimum absolute atomic E-state index is 0.848. The Morgan fingerprint density at radius 3 is 2.54 bits per heavy atom. The quantitative estimate of drug-likeness (QED) is 0.553. The molecule has 2 nitrogen and oxygen atoms in total. The molecule has 2 N–H and O–H groups in total.